The molecule has 0 bridgehead atoms. The van der Waals surface area contributed by atoms with E-state index in [-0.39, 0.29) is 5.54 Å². The van der Waals surface area contributed by atoms with Crippen LogP contribution < -0.4 is 5.32 Å². The van der Waals surface area contributed by atoms with Crippen molar-refractivity contribution in [3.8, 4) is 0 Å². The first-order valence-electron chi connectivity index (χ1n) is 6.74. The fourth-order valence-electron chi connectivity index (χ4n) is 1.75. The average Bonchev–Trinajstić information content (AvgIpc) is 2.19. The fraction of sp³-hybridized carbons (Fsp3) is 1.00. The molecule has 0 aromatic rings. The molecule has 0 saturated heterocycles. The summed E-state index contributed by atoms with van der Waals surface area (Å²) in [5.74, 6) is 0.698. The predicted molar refractivity (Wildman–Crippen MR) is 75.5 cm³/mol. The van der Waals surface area contributed by atoms with Crippen LogP contribution in [0.1, 0.15) is 41.5 Å². The largest absolute Gasteiger partial charge is 0.383 e. The van der Waals surface area contributed by atoms with Crippen LogP contribution >= 0.6 is 0 Å². The number of nitrogens with one attached hydrogen (secondary N) is 1. The fourth-order valence-corrected chi connectivity index (χ4v) is 1.75. The van der Waals surface area contributed by atoms with Crippen LogP contribution in [0.25, 0.3) is 0 Å². The quantitative estimate of drug-likeness (QED) is 0.709. The Labute approximate surface area is 108 Å². The molecule has 0 spiro atoms. The third-order valence-corrected chi connectivity index (χ3v) is 2.73. The van der Waals surface area contributed by atoms with Gasteiger partial charge >= 0.3 is 0 Å². The molecule has 0 radical (unpaired) electrons. The number of methoxy groups -OCH3 is 1. The lowest BCUT2D eigenvalue weighted by Gasteiger charge is -2.33. The lowest BCUT2D eigenvalue weighted by molar-refractivity contribution is 0.112. The van der Waals surface area contributed by atoms with Crippen LogP contribution in [0, 0.1) is 5.92 Å². The standard InChI is InChI=1S/C14H32N2O/c1-12(2)11-16(8-9-17-7)13(3)10-15-14(4,5)6/h12-13,15H,8-11H2,1-7H3. The van der Waals surface area contributed by atoms with E-state index in [0.717, 1.165) is 26.2 Å². The molecule has 0 aliphatic heterocycles. The number of hydrogen-bond donors (Lipinski definition) is 1. The molecule has 0 rings (SSSR count). The molecule has 0 heterocycles. The van der Waals surface area contributed by atoms with E-state index < -0.39 is 0 Å². The Morgan fingerprint density at radius 3 is 2.18 bits per heavy atom. The SMILES string of the molecule is COCCN(CC(C)C)C(C)CNC(C)(C)C. The molecule has 104 valence electrons. The van der Waals surface area contributed by atoms with Crippen LogP contribution in [0.3, 0.4) is 0 Å². The Kier molecular flexibility index (Phi) is 8.01. The summed E-state index contributed by atoms with van der Waals surface area (Å²) in [5, 5.41) is 3.57. The van der Waals surface area contributed by atoms with Gasteiger partial charge in [-0.1, -0.05) is 13.8 Å². The highest BCUT2D eigenvalue weighted by Gasteiger charge is 2.17. The van der Waals surface area contributed by atoms with Crippen molar-refractivity contribution in [2.24, 2.45) is 5.92 Å². The van der Waals surface area contributed by atoms with Crippen molar-refractivity contribution < 1.29 is 4.74 Å². The van der Waals surface area contributed by atoms with Gasteiger partial charge in [-0.3, -0.25) is 4.90 Å². The van der Waals surface area contributed by atoms with Crippen LogP contribution in [0.15, 0.2) is 0 Å². The summed E-state index contributed by atoms with van der Waals surface area (Å²) >= 11 is 0. The maximum Gasteiger partial charge on any atom is 0.0589 e. The van der Waals surface area contributed by atoms with Crippen LogP contribution in [0.4, 0.5) is 0 Å². The smallest absolute Gasteiger partial charge is 0.0589 e. The zero-order chi connectivity index (χ0) is 13.5. The topological polar surface area (TPSA) is 24.5 Å². The molecule has 3 nitrogen and oxygen atoms in total. The van der Waals surface area contributed by atoms with Crippen LogP contribution in [0.2, 0.25) is 0 Å². The van der Waals surface area contributed by atoms with Crippen molar-refractivity contribution in [1.29, 1.82) is 0 Å². The summed E-state index contributed by atoms with van der Waals surface area (Å²) in [5.41, 5.74) is 0.193. The second-order valence-electron chi connectivity index (χ2n) is 6.36. The molecule has 0 amide bonds. The van der Waals surface area contributed by atoms with E-state index in [0.29, 0.717) is 12.0 Å². The Bertz CT molecular complexity index is 187. The lowest BCUT2D eigenvalue weighted by atomic mass is 10.1. The van der Waals surface area contributed by atoms with E-state index in [4.69, 9.17) is 4.74 Å². The third kappa shape index (κ3) is 9.57. The minimum Gasteiger partial charge on any atom is -0.383 e. The predicted octanol–water partition coefficient (Wildman–Crippen LogP) is 2.37. The molecule has 3 heteroatoms. The molecule has 1 N–H and O–H groups in total. The van der Waals surface area contributed by atoms with Gasteiger partial charge in [-0.25, -0.2) is 0 Å². The van der Waals surface area contributed by atoms with Gasteiger partial charge in [0.05, 0.1) is 6.61 Å². The maximum absolute atomic E-state index is 5.19. The normalized spacial score (nSPS) is 14.6. The Morgan fingerprint density at radius 1 is 1.18 bits per heavy atom. The molecule has 0 aliphatic rings. The van der Waals surface area contributed by atoms with Gasteiger partial charge in [-0.15, -0.1) is 0 Å². The monoisotopic (exact) mass is 244 g/mol. The van der Waals surface area contributed by atoms with Crippen LogP contribution in [-0.2, 0) is 4.74 Å². The van der Waals surface area contributed by atoms with E-state index in [9.17, 15) is 0 Å². The molecule has 1 unspecified atom stereocenters. The zero-order valence-electron chi connectivity index (χ0n) is 12.8. The van der Waals surface area contributed by atoms with E-state index in [2.05, 4.69) is 51.8 Å². The van der Waals surface area contributed by atoms with Crippen molar-refractivity contribution >= 4 is 0 Å². The zero-order valence-corrected chi connectivity index (χ0v) is 12.8. The van der Waals surface area contributed by atoms with E-state index >= 15 is 0 Å². The van der Waals surface area contributed by atoms with Gasteiger partial charge in [0, 0.05) is 38.3 Å². The van der Waals surface area contributed by atoms with Crippen molar-refractivity contribution in [2.75, 3.05) is 33.4 Å². The molecule has 0 aromatic heterocycles. The lowest BCUT2D eigenvalue weighted by Crippen LogP contribution is -2.48. The van der Waals surface area contributed by atoms with Gasteiger partial charge in [0.1, 0.15) is 0 Å². The second kappa shape index (κ2) is 8.06. The summed E-state index contributed by atoms with van der Waals surface area (Å²) in [6, 6.07) is 0.548. The summed E-state index contributed by atoms with van der Waals surface area (Å²) in [7, 11) is 1.77. The third-order valence-electron chi connectivity index (χ3n) is 2.73. The molecular formula is C14H32N2O. The molecule has 0 fully saturated rings. The van der Waals surface area contributed by atoms with Crippen molar-refractivity contribution in [3.63, 3.8) is 0 Å². The summed E-state index contributed by atoms with van der Waals surface area (Å²) in [6.45, 7) is 17.4. The van der Waals surface area contributed by atoms with Crippen LogP contribution in [-0.4, -0.2) is 49.8 Å². The molecule has 17 heavy (non-hydrogen) atoms. The highest BCUT2D eigenvalue weighted by atomic mass is 16.5. The van der Waals surface area contributed by atoms with Crippen molar-refractivity contribution in [1.82, 2.24) is 10.2 Å². The van der Waals surface area contributed by atoms with Gasteiger partial charge in [0.15, 0.2) is 0 Å². The minimum absolute atomic E-state index is 0.193. The molecule has 0 saturated carbocycles. The average molecular weight is 244 g/mol. The Balaban J connectivity index is 4.16. The molecule has 1 atom stereocenters. The van der Waals surface area contributed by atoms with Crippen molar-refractivity contribution in [2.45, 2.75) is 53.1 Å². The highest BCUT2D eigenvalue weighted by Crippen LogP contribution is 2.06. The van der Waals surface area contributed by atoms with E-state index in [1.165, 1.54) is 0 Å². The summed E-state index contributed by atoms with van der Waals surface area (Å²) in [4.78, 5) is 2.51. The van der Waals surface area contributed by atoms with Crippen LogP contribution in [0.5, 0.6) is 0 Å². The van der Waals surface area contributed by atoms with Crippen molar-refractivity contribution in [3.05, 3.63) is 0 Å². The molecular weight excluding hydrogens is 212 g/mol. The number of nitrogens with zero attached hydrogens (tertiary/aromatic N) is 1. The first kappa shape index (κ1) is 16.9. The highest BCUT2D eigenvalue weighted by molar-refractivity contribution is 4.77. The first-order chi connectivity index (χ1) is 7.76. The Hall–Kier alpha value is -0.120. The summed E-state index contributed by atoms with van der Waals surface area (Å²) < 4.78 is 5.19. The molecule has 0 aliphatic carbocycles. The minimum atomic E-state index is 0.193. The first-order valence-corrected chi connectivity index (χ1v) is 6.74. The summed E-state index contributed by atoms with van der Waals surface area (Å²) in [6.07, 6.45) is 0. The van der Waals surface area contributed by atoms with Gasteiger partial charge in [-0.2, -0.15) is 0 Å². The van der Waals surface area contributed by atoms with Gasteiger partial charge in [0.25, 0.3) is 0 Å². The van der Waals surface area contributed by atoms with E-state index in [1.54, 1.807) is 7.11 Å². The maximum atomic E-state index is 5.19. The molecule has 0 aromatic carbocycles. The number of hydrogen-bond acceptors (Lipinski definition) is 3. The van der Waals surface area contributed by atoms with Gasteiger partial charge in [0.2, 0.25) is 0 Å². The second-order valence-corrected chi connectivity index (χ2v) is 6.36. The number of rotatable bonds is 8. The number of ether oxygens (including phenoxy) is 1. The van der Waals surface area contributed by atoms with Gasteiger partial charge < -0.3 is 10.1 Å². The van der Waals surface area contributed by atoms with E-state index in [1.807, 2.05) is 0 Å². The van der Waals surface area contributed by atoms with Gasteiger partial charge in [-0.05, 0) is 33.6 Å². The Morgan fingerprint density at radius 2 is 1.76 bits per heavy atom.